The molecule has 1 saturated heterocycles. The van der Waals surface area contributed by atoms with Crippen LogP contribution in [0.5, 0.6) is 5.75 Å². The minimum Gasteiger partial charge on any atom is -0.484 e. The Bertz CT molecular complexity index is 703. The number of benzene rings is 2. The van der Waals surface area contributed by atoms with E-state index in [0.717, 1.165) is 25.3 Å². The molecule has 3 rings (SSSR count). The summed E-state index contributed by atoms with van der Waals surface area (Å²) in [5.74, 6) is 2.25. The maximum atomic E-state index is 12.8. The van der Waals surface area contributed by atoms with Crippen molar-refractivity contribution in [1.82, 2.24) is 4.90 Å². The van der Waals surface area contributed by atoms with Crippen LogP contribution in [0.3, 0.4) is 0 Å². The van der Waals surface area contributed by atoms with Crippen molar-refractivity contribution in [2.75, 3.05) is 36.5 Å². The number of ether oxygens (including phenoxy) is 1. The number of thioether (sulfide) groups is 1. The molecule has 0 radical (unpaired) electrons. The minimum atomic E-state index is -0.332. The van der Waals surface area contributed by atoms with Crippen LogP contribution >= 0.6 is 11.8 Å². The van der Waals surface area contributed by atoms with Crippen molar-refractivity contribution in [1.29, 1.82) is 0 Å². The maximum absolute atomic E-state index is 12.8. The summed E-state index contributed by atoms with van der Waals surface area (Å²) in [6.07, 6.45) is 0. The number of carbonyl (C=O) groups is 1. The Kier molecular flexibility index (Phi) is 6.30. The lowest BCUT2D eigenvalue weighted by atomic mass is 10.2. The molecule has 1 amide bonds. The normalized spacial score (nSPS) is 14.9. The molecule has 25 heavy (non-hydrogen) atoms. The lowest BCUT2D eigenvalue weighted by molar-refractivity contribution is -0.118. The fraction of sp³-hybridized carbons (Fsp3) is 0.316. The lowest BCUT2D eigenvalue weighted by Gasteiger charge is -2.26. The third kappa shape index (κ3) is 5.76. The van der Waals surface area contributed by atoms with Gasteiger partial charge in [0, 0.05) is 36.8 Å². The summed E-state index contributed by atoms with van der Waals surface area (Å²) in [5, 5.41) is 2.84. The Morgan fingerprint density at radius 3 is 2.68 bits per heavy atom. The van der Waals surface area contributed by atoms with Crippen LogP contribution in [0.2, 0.25) is 0 Å². The molecule has 1 fully saturated rings. The number of hydrogen-bond donors (Lipinski definition) is 1. The second-order valence-corrected chi connectivity index (χ2v) is 7.10. The molecule has 1 N–H and O–H groups in total. The Hall–Kier alpha value is -2.05. The molecule has 0 saturated carbocycles. The fourth-order valence-corrected chi connectivity index (χ4v) is 3.62. The minimum absolute atomic E-state index is 0.112. The molecule has 132 valence electrons. The highest BCUT2D eigenvalue weighted by Gasteiger charge is 2.11. The third-order valence-corrected chi connectivity index (χ3v) is 4.85. The van der Waals surface area contributed by atoms with Crippen LogP contribution in [-0.2, 0) is 11.3 Å². The van der Waals surface area contributed by atoms with Crippen LogP contribution in [0.1, 0.15) is 5.56 Å². The van der Waals surface area contributed by atoms with Crippen molar-refractivity contribution in [3.05, 3.63) is 59.9 Å². The number of hydrogen-bond acceptors (Lipinski definition) is 4. The van der Waals surface area contributed by atoms with Crippen molar-refractivity contribution in [2.24, 2.45) is 0 Å². The second kappa shape index (κ2) is 8.87. The van der Waals surface area contributed by atoms with Gasteiger partial charge in [0.15, 0.2) is 6.61 Å². The monoisotopic (exact) mass is 360 g/mol. The number of rotatable bonds is 6. The van der Waals surface area contributed by atoms with E-state index in [1.807, 2.05) is 30.0 Å². The first-order valence-electron chi connectivity index (χ1n) is 8.26. The highest BCUT2D eigenvalue weighted by atomic mass is 32.2. The summed E-state index contributed by atoms with van der Waals surface area (Å²) in [6.45, 7) is 3.00. The van der Waals surface area contributed by atoms with E-state index in [1.54, 1.807) is 0 Å². The van der Waals surface area contributed by atoms with Gasteiger partial charge in [-0.25, -0.2) is 4.39 Å². The molecule has 0 spiro atoms. The molecular formula is C19H21FN2O2S. The van der Waals surface area contributed by atoms with E-state index >= 15 is 0 Å². The van der Waals surface area contributed by atoms with Gasteiger partial charge in [-0.15, -0.1) is 0 Å². The summed E-state index contributed by atoms with van der Waals surface area (Å²) >= 11 is 1.99. The molecule has 6 heteroatoms. The number of carbonyl (C=O) groups excluding carboxylic acids is 1. The van der Waals surface area contributed by atoms with Gasteiger partial charge in [-0.05, 0) is 42.0 Å². The maximum Gasteiger partial charge on any atom is 0.262 e. The highest BCUT2D eigenvalue weighted by molar-refractivity contribution is 7.99. The van der Waals surface area contributed by atoms with Crippen molar-refractivity contribution in [3.8, 4) is 5.75 Å². The predicted molar refractivity (Wildman–Crippen MR) is 99.6 cm³/mol. The fourth-order valence-electron chi connectivity index (χ4n) is 2.64. The van der Waals surface area contributed by atoms with Gasteiger partial charge in [0.2, 0.25) is 0 Å². The van der Waals surface area contributed by atoms with E-state index in [1.165, 1.54) is 41.3 Å². The molecule has 0 aliphatic carbocycles. The number of amides is 1. The van der Waals surface area contributed by atoms with Gasteiger partial charge >= 0.3 is 0 Å². The molecule has 2 aromatic rings. The molecule has 0 bridgehead atoms. The molecule has 1 aliphatic heterocycles. The number of halogens is 1. The van der Waals surface area contributed by atoms with E-state index in [0.29, 0.717) is 5.75 Å². The second-order valence-electron chi connectivity index (χ2n) is 5.88. The summed E-state index contributed by atoms with van der Waals surface area (Å²) in [7, 11) is 0. The summed E-state index contributed by atoms with van der Waals surface area (Å²) in [4.78, 5) is 14.5. The van der Waals surface area contributed by atoms with E-state index in [4.69, 9.17) is 4.74 Å². The van der Waals surface area contributed by atoms with Crippen LogP contribution in [0.25, 0.3) is 0 Å². The smallest absolute Gasteiger partial charge is 0.262 e. The molecule has 0 unspecified atom stereocenters. The SMILES string of the molecule is O=C(COc1ccc(F)cc1)Nc1cccc(CN2CCSCC2)c1. The standard InChI is InChI=1S/C19H21FN2O2S/c20-16-4-6-18(7-5-16)24-14-19(23)21-17-3-1-2-15(12-17)13-22-8-10-25-11-9-22/h1-7,12H,8-11,13-14H2,(H,21,23). The Morgan fingerprint density at radius 1 is 1.16 bits per heavy atom. The number of anilines is 1. The van der Waals surface area contributed by atoms with Gasteiger partial charge in [-0.1, -0.05) is 12.1 Å². The van der Waals surface area contributed by atoms with Crippen LogP contribution in [0, 0.1) is 5.82 Å². The summed E-state index contributed by atoms with van der Waals surface area (Å²) in [5.41, 5.74) is 1.95. The average molecular weight is 360 g/mol. The third-order valence-electron chi connectivity index (χ3n) is 3.90. The molecule has 4 nitrogen and oxygen atoms in total. The molecule has 0 atom stereocenters. The first kappa shape index (κ1) is 17.8. The molecule has 0 aromatic heterocycles. The van der Waals surface area contributed by atoms with Crippen LogP contribution in [0.15, 0.2) is 48.5 Å². The Labute approximate surface area is 151 Å². The molecular weight excluding hydrogens is 339 g/mol. The molecule has 1 aliphatic rings. The van der Waals surface area contributed by atoms with Crippen LogP contribution < -0.4 is 10.1 Å². The van der Waals surface area contributed by atoms with Crippen LogP contribution in [0.4, 0.5) is 10.1 Å². The van der Waals surface area contributed by atoms with E-state index in [9.17, 15) is 9.18 Å². The van der Waals surface area contributed by atoms with Crippen molar-refractivity contribution in [2.45, 2.75) is 6.54 Å². The number of nitrogens with zero attached hydrogens (tertiary/aromatic N) is 1. The van der Waals surface area contributed by atoms with Crippen molar-refractivity contribution in [3.63, 3.8) is 0 Å². The average Bonchev–Trinajstić information content (AvgIpc) is 2.62. The van der Waals surface area contributed by atoms with Gasteiger partial charge in [0.1, 0.15) is 11.6 Å². The van der Waals surface area contributed by atoms with Gasteiger partial charge in [0.25, 0.3) is 5.91 Å². The molecule has 2 aromatic carbocycles. The van der Waals surface area contributed by atoms with Gasteiger partial charge in [-0.2, -0.15) is 11.8 Å². The zero-order valence-corrected chi connectivity index (χ0v) is 14.7. The van der Waals surface area contributed by atoms with Crippen molar-refractivity contribution >= 4 is 23.4 Å². The topological polar surface area (TPSA) is 41.6 Å². The predicted octanol–water partition coefficient (Wildman–Crippen LogP) is 3.39. The largest absolute Gasteiger partial charge is 0.484 e. The zero-order valence-electron chi connectivity index (χ0n) is 13.9. The van der Waals surface area contributed by atoms with Crippen molar-refractivity contribution < 1.29 is 13.9 Å². The first-order chi connectivity index (χ1) is 12.2. The van der Waals surface area contributed by atoms with Gasteiger partial charge < -0.3 is 10.1 Å². The van der Waals surface area contributed by atoms with Gasteiger partial charge in [0.05, 0.1) is 0 Å². The molecule has 1 heterocycles. The van der Waals surface area contributed by atoms with E-state index in [2.05, 4.69) is 16.3 Å². The summed E-state index contributed by atoms with van der Waals surface area (Å²) < 4.78 is 18.2. The van der Waals surface area contributed by atoms with Gasteiger partial charge in [-0.3, -0.25) is 9.69 Å². The lowest BCUT2D eigenvalue weighted by Crippen LogP contribution is -2.32. The van der Waals surface area contributed by atoms with Crippen LogP contribution in [-0.4, -0.2) is 42.0 Å². The Balaban J connectivity index is 1.50. The quantitative estimate of drug-likeness (QED) is 0.857. The first-order valence-corrected chi connectivity index (χ1v) is 9.42. The van der Waals surface area contributed by atoms with E-state index < -0.39 is 0 Å². The zero-order chi connectivity index (χ0) is 17.5. The highest BCUT2D eigenvalue weighted by Crippen LogP contribution is 2.16. The van der Waals surface area contributed by atoms with E-state index in [-0.39, 0.29) is 18.3 Å². The number of nitrogens with one attached hydrogen (secondary N) is 1. The Morgan fingerprint density at radius 2 is 1.92 bits per heavy atom. The summed E-state index contributed by atoms with van der Waals surface area (Å²) in [6, 6.07) is 13.5.